The highest BCUT2D eigenvalue weighted by Crippen LogP contribution is 2.45. The van der Waals surface area contributed by atoms with Gasteiger partial charge in [-0.15, -0.1) is 0 Å². The van der Waals surface area contributed by atoms with E-state index in [0.29, 0.717) is 41.9 Å². The van der Waals surface area contributed by atoms with E-state index in [1.807, 2.05) is 18.2 Å². The standard InChI is InChI=1S/C20H26N4O3/c1-2-13-6-8-14(9-7-13)24-12-17-19(23-20(24)25)22-18-15(26-11-10-21)4-3-5-16(18)27-17/h3-5,12-14H,2,6-11,21H2,1H3,(H,22,23,25). The van der Waals surface area contributed by atoms with Gasteiger partial charge in [0.25, 0.3) is 0 Å². The molecule has 0 radical (unpaired) electrons. The summed E-state index contributed by atoms with van der Waals surface area (Å²) in [5.41, 5.74) is 5.95. The molecule has 7 heteroatoms. The van der Waals surface area contributed by atoms with Crippen LogP contribution < -0.4 is 26.2 Å². The van der Waals surface area contributed by atoms with E-state index >= 15 is 0 Å². The molecule has 1 aromatic carbocycles. The third-order valence-electron chi connectivity index (χ3n) is 5.53. The number of ether oxygens (including phenoxy) is 2. The summed E-state index contributed by atoms with van der Waals surface area (Å²) < 4.78 is 13.4. The number of nitrogens with zero attached hydrogens (tertiary/aromatic N) is 2. The molecule has 1 aliphatic heterocycles. The van der Waals surface area contributed by atoms with Crippen LogP contribution >= 0.6 is 0 Å². The first kappa shape index (κ1) is 17.9. The van der Waals surface area contributed by atoms with E-state index in [4.69, 9.17) is 15.2 Å². The molecule has 1 fully saturated rings. The number of hydrogen-bond acceptors (Lipinski definition) is 6. The molecule has 0 saturated heterocycles. The fourth-order valence-electron chi connectivity index (χ4n) is 3.95. The van der Waals surface area contributed by atoms with Gasteiger partial charge in [-0.1, -0.05) is 19.4 Å². The maximum atomic E-state index is 12.6. The van der Waals surface area contributed by atoms with Gasteiger partial charge in [-0.2, -0.15) is 4.98 Å². The van der Waals surface area contributed by atoms with Gasteiger partial charge in [-0.05, 0) is 43.7 Å². The van der Waals surface area contributed by atoms with Crippen LogP contribution in [0.15, 0.2) is 29.2 Å². The van der Waals surface area contributed by atoms with Gasteiger partial charge < -0.3 is 20.5 Å². The monoisotopic (exact) mass is 370 g/mol. The summed E-state index contributed by atoms with van der Waals surface area (Å²) >= 11 is 0. The molecule has 2 aliphatic rings. The zero-order valence-corrected chi connectivity index (χ0v) is 15.6. The number of aromatic nitrogens is 2. The molecule has 2 aromatic rings. The van der Waals surface area contributed by atoms with Crippen LogP contribution in [0.25, 0.3) is 0 Å². The second-order valence-corrected chi connectivity index (χ2v) is 7.22. The molecule has 0 spiro atoms. The second-order valence-electron chi connectivity index (χ2n) is 7.22. The number of nitrogens with two attached hydrogens (primary N) is 1. The lowest BCUT2D eigenvalue weighted by Gasteiger charge is -2.30. The first-order valence-electron chi connectivity index (χ1n) is 9.73. The Morgan fingerprint density at radius 3 is 2.85 bits per heavy atom. The number of anilines is 2. The Morgan fingerprint density at radius 1 is 1.30 bits per heavy atom. The molecular weight excluding hydrogens is 344 g/mol. The van der Waals surface area contributed by atoms with E-state index in [1.165, 1.54) is 6.42 Å². The van der Waals surface area contributed by atoms with Gasteiger partial charge >= 0.3 is 5.69 Å². The summed E-state index contributed by atoms with van der Waals surface area (Å²) in [6.07, 6.45) is 7.36. The van der Waals surface area contributed by atoms with Crippen LogP contribution in [0, 0.1) is 5.92 Å². The minimum atomic E-state index is -0.242. The first-order valence-corrected chi connectivity index (χ1v) is 9.73. The zero-order chi connectivity index (χ0) is 18.8. The zero-order valence-electron chi connectivity index (χ0n) is 15.6. The van der Waals surface area contributed by atoms with E-state index in [9.17, 15) is 4.79 Å². The average molecular weight is 370 g/mol. The number of fused-ring (bicyclic) bond motifs is 2. The molecule has 7 nitrogen and oxygen atoms in total. The molecule has 1 saturated carbocycles. The van der Waals surface area contributed by atoms with Crippen molar-refractivity contribution in [2.45, 2.75) is 45.1 Å². The molecule has 0 bridgehead atoms. The molecule has 0 amide bonds. The molecule has 0 atom stereocenters. The van der Waals surface area contributed by atoms with Gasteiger partial charge in [-0.25, -0.2) is 4.79 Å². The van der Waals surface area contributed by atoms with Gasteiger partial charge in [0.15, 0.2) is 17.3 Å². The Kier molecular flexibility index (Phi) is 5.03. The molecule has 1 aliphatic carbocycles. The summed E-state index contributed by atoms with van der Waals surface area (Å²) in [7, 11) is 0. The Morgan fingerprint density at radius 2 is 2.11 bits per heavy atom. The van der Waals surface area contributed by atoms with Crippen LogP contribution in [0.4, 0.5) is 11.5 Å². The highest BCUT2D eigenvalue weighted by molar-refractivity contribution is 5.77. The topological polar surface area (TPSA) is 91.4 Å². The van der Waals surface area contributed by atoms with Gasteiger partial charge in [0, 0.05) is 12.6 Å². The molecule has 144 valence electrons. The van der Waals surface area contributed by atoms with E-state index in [1.54, 1.807) is 10.8 Å². The Labute approximate surface area is 158 Å². The van der Waals surface area contributed by atoms with Gasteiger partial charge in [0.2, 0.25) is 0 Å². The number of para-hydroxylation sites is 1. The fourth-order valence-corrected chi connectivity index (χ4v) is 3.95. The molecule has 2 heterocycles. The largest absolute Gasteiger partial charge is 0.490 e. The highest BCUT2D eigenvalue weighted by atomic mass is 16.5. The summed E-state index contributed by atoms with van der Waals surface area (Å²) in [5, 5.41) is 3.19. The summed E-state index contributed by atoms with van der Waals surface area (Å²) in [6.45, 7) is 3.06. The minimum Gasteiger partial charge on any atom is -0.490 e. The predicted octanol–water partition coefficient (Wildman–Crippen LogP) is 3.57. The molecule has 4 rings (SSSR count). The van der Waals surface area contributed by atoms with Crippen molar-refractivity contribution in [1.82, 2.24) is 9.55 Å². The normalized spacial score (nSPS) is 20.8. The Balaban J connectivity index is 1.60. The highest BCUT2D eigenvalue weighted by Gasteiger charge is 2.26. The average Bonchev–Trinajstić information content (AvgIpc) is 2.70. The van der Waals surface area contributed by atoms with Crippen molar-refractivity contribution in [2.75, 3.05) is 18.5 Å². The van der Waals surface area contributed by atoms with Crippen LogP contribution in [0.5, 0.6) is 17.2 Å². The third-order valence-corrected chi connectivity index (χ3v) is 5.53. The fraction of sp³-hybridized carbons (Fsp3) is 0.500. The summed E-state index contributed by atoms with van der Waals surface area (Å²) in [5.74, 6) is 3.05. The van der Waals surface area contributed by atoms with Gasteiger partial charge in [-0.3, -0.25) is 4.57 Å². The van der Waals surface area contributed by atoms with Crippen LogP contribution in [0.2, 0.25) is 0 Å². The number of hydrogen-bond donors (Lipinski definition) is 2. The molecule has 1 aromatic heterocycles. The molecular formula is C20H26N4O3. The van der Waals surface area contributed by atoms with Gasteiger partial charge in [0.05, 0.1) is 6.20 Å². The quantitative estimate of drug-likeness (QED) is 0.713. The predicted molar refractivity (Wildman–Crippen MR) is 104 cm³/mol. The van der Waals surface area contributed by atoms with Crippen LogP contribution in [-0.2, 0) is 0 Å². The van der Waals surface area contributed by atoms with E-state index in [-0.39, 0.29) is 11.7 Å². The van der Waals surface area contributed by atoms with Crippen molar-refractivity contribution in [3.05, 3.63) is 34.9 Å². The third kappa shape index (κ3) is 3.51. The van der Waals surface area contributed by atoms with Crippen molar-refractivity contribution in [3.63, 3.8) is 0 Å². The lowest BCUT2D eigenvalue weighted by atomic mass is 9.84. The van der Waals surface area contributed by atoms with Crippen LogP contribution in [-0.4, -0.2) is 22.7 Å². The molecule has 0 unspecified atom stereocenters. The summed E-state index contributed by atoms with van der Waals surface area (Å²) in [4.78, 5) is 16.9. The Hall–Kier alpha value is -2.54. The van der Waals surface area contributed by atoms with Crippen molar-refractivity contribution in [2.24, 2.45) is 11.7 Å². The SMILES string of the molecule is CCC1CCC(n2cc3c(nc2=O)Nc2c(OCCN)cccc2O3)CC1. The first-order chi connectivity index (χ1) is 13.2. The lowest BCUT2D eigenvalue weighted by molar-refractivity contribution is 0.262. The summed E-state index contributed by atoms with van der Waals surface area (Å²) in [6, 6.07) is 5.76. The van der Waals surface area contributed by atoms with E-state index < -0.39 is 0 Å². The van der Waals surface area contributed by atoms with E-state index in [0.717, 1.165) is 31.6 Å². The molecule has 3 N–H and O–H groups in total. The van der Waals surface area contributed by atoms with Crippen LogP contribution in [0.1, 0.15) is 45.1 Å². The lowest BCUT2D eigenvalue weighted by Crippen LogP contribution is -2.30. The van der Waals surface area contributed by atoms with Crippen molar-refractivity contribution in [1.29, 1.82) is 0 Å². The number of nitrogens with one attached hydrogen (secondary N) is 1. The second kappa shape index (κ2) is 7.60. The van der Waals surface area contributed by atoms with Crippen molar-refractivity contribution >= 4 is 11.5 Å². The number of rotatable bonds is 5. The smallest absolute Gasteiger partial charge is 0.350 e. The number of benzene rings is 1. The van der Waals surface area contributed by atoms with Crippen molar-refractivity contribution < 1.29 is 9.47 Å². The van der Waals surface area contributed by atoms with E-state index in [2.05, 4.69) is 17.2 Å². The maximum Gasteiger partial charge on any atom is 0.350 e. The maximum absolute atomic E-state index is 12.6. The minimum absolute atomic E-state index is 0.197. The molecule has 27 heavy (non-hydrogen) atoms. The van der Waals surface area contributed by atoms with Crippen molar-refractivity contribution in [3.8, 4) is 17.2 Å². The van der Waals surface area contributed by atoms with Crippen LogP contribution in [0.3, 0.4) is 0 Å². The van der Waals surface area contributed by atoms with Gasteiger partial charge in [0.1, 0.15) is 18.0 Å². The Bertz CT molecular complexity index is 872.